The Labute approximate surface area is 324 Å². The fourth-order valence-electron chi connectivity index (χ4n) is 7.97. The van der Waals surface area contributed by atoms with Gasteiger partial charge in [0.05, 0.1) is 44.8 Å². The van der Waals surface area contributed by atoms with Crippen LogP contribution in [0.1, 0.15) is 64.3 Å². The van der Waals surface area contributed by atoms with E-state index in [1.807, 2.05) is 0 Å². The van der Waals surface area contributed by atoms with Crippen LogP contribution in [0.2, 0.25) is 5.02 Å². The van der Waals surface area contributed by atoms with Gasteiger partial charge >= 0.3 is 0 Å². The first-order valence-corrected chi connectivity index (χ1v) is 19.7. The van der Waals surface area contributed by atoms with E-state index in [0.717, 1.165) is 23.0 Å². The van der Waals surface area contributed by atoms with Crippen LogP contribution in [-0.4, -0.2) is 49.7 Å². The highest BCUT2D eigenvalue weighted by atomic mass is 35.5. The fourth-order valence-corrected chi connectivity index (χ4v) is 8.70. The van der Waals surface area contributed by atoms with Crippen LogP contribution >= 0.6 is 11.6 Å². The molecule has 1 fully saturated rings. The molecule has 298 valence electrons. The lowest BCUT2D eigenvalue weighted by Crippen LogP contribution is -2.38. The van der Waals surface area contributed by atoms with E-state index in [0.29, 0.717) is 21.9 Å². The number of rotatable bonds is 10. The lowest BCUT2D eigenvalue weighted by Gasteiger charge is -2.24. The Morgan fingerprint density at radius 3 is 2.39 bits per heavy atom. The summed E-state index contributed by atoms with van der Waals surface area (Å²) in [4.78, 5) is 33.8. The predicted molar refractivity (Wildman–Crippen MR) is 197 cm³/mol. The molecule has 3 aromatic carbocycles. The van der Waals surface area contributed by atoms with E-state index in [1.54, 1.807) is 26.0 Å². The lowest BCUT2D eigenvalue weighted by molar-refractivity contribution is -0.123. The van der Waals surface area contributed by atoms with Gasteiger partial charge in [-0.3, -0.25) is 28.2 Å². The number of nitrogens with one attached hydrogen (secondary N) is 2. The van der Waals surface area contributed by atoms with Crippen molar-refractivity contribution in [2.75, 3.05) is 11.0 Å². The number of benzene rings is 3. The van der Waals surface area contributed by atoms with Gasteiger partial charge in [-0.05, 0) is 67.1 Å². The number of carbonyl (C=O) groups is 1. The molecule has 0 spiro atoms. The van der Waals surface area contributed by atoms with Gasteiger partial charge in [-0.15, -0.1) is 0 Å². The zero-order valence-electron chi connectivity index (χ0n) is 30.3. The molecule has 6 aromatic rings. The van der Waals surface area contributed by atoms with Gasteiger partial charge in [0.1, 0.15) is 35.4 Å². The Balaban J connectivity index is 1.34. The summed E-state index contributed by atoms with van der Waals surface area (Å²) in [6.45, 7) is 2.41. The summed E-state index contributed by atoms with van der Waals surface area (Å²) in [6.07, 6.45) is -2.70. The average Bonchev–Trinajstić information content (AvgIpc) is 3.64. The van der Waals surface area contributed by atoms with Crippen molar-refractivity contribution in [2.45, 2.75) is 57.5 Å². The zero-order chi connectivity index (χ0) is 41.0. The predicted octanol–water partition coefficient (Wildman–Crippen LogP) is 6.64. The molecule has 3 heterocycles. The normalized spacial score (nSPS) is 17.6. The van der Waals surface area contributed by atoms with Gasteiger partial charge in [-0.2, -0.15) is 19.0 Å². The molecular weight excluding hydrogens is 802 g/mol. The van der Waals surface area contributed by atoms with Crippen LogP contribution in [-0.2, 0) is 40.8 Å². The number of aryl methyl sites for hydroxylation is 3. The molecule has 1 amide bonds. The number of fused-ring (bicyclic) bond motifs is 5. The summed E-state index contributed by atoms with van der Waals surface area (Å²) >= 11 is 6.60. The SMILES string of the molecule is Cc1ccc(C)c2c(=O)n(-c3ccc(Cl)c4c(NS(C)(=O)=O)nn(C)c34)c(C(Cc3cc(F)cc(F)c3)NC(=O)Cn3nc(C(F)F)c4c3C(F)(F)[C@@H]3C[C@H]43)nc12. The molecule has 3 aromatic heterocycles. The molecule has 1 unspecified atom stereocenters. The second-order valence-electron chi connectivity index (χ2n) is 14.4. The number of alkyl halides is 4. The number of hydrogen-bond donors (Lipinski definition) is 2. The fraction of sp³-hybridized carbons (Fsp3) is 0.324. The average molecular weight is 833 g/mol. The second kappa shape index (κ2) is 13.3. The largest absolute Gasteiger partial charge is 0.344 e. The quantitative estimate of drug-likeness (QED) is 0.147. The van der Waals surface area contributed by atoms with Crippen LogP contribution in [0.25, 0.3) is 27.5 Å². The van der Waals surface area contributed by atoms with Crippen molar-refractivity contribution < 1.29 is 39.6 Å². The number of aromatic nitrogens is 6. The van der Waals surface area contributed by atoms with Gasteiger partial charge in [-0.25, -0.2) is 31.0 Å². The summed E-state index contributed by atoms with van der Waals surface area (Å²) in [5.74, 6) is -8.84. The molecule has 0 radical (unpaired) electrons. The van der Waals surface area contributed by atoms with Crippen LogP contribution in [0.3, 0.4) is 0 Å². The van der Waals surface area contributed by atoms with Crippen LogP contribution < -0.4 is 15.6 Å². The van der Waals surface area contributed by atoms with Gasteiger partial charge in [0.25, 0.3) is 17.9 Å². The third kappa shape index (κ3) is 6.49. The molecule has 0 aliphatic heterocycles. The minimum absolute atomic E-state index is 0.00678. The van der Waals surface area contributed by atoms with E-state index in [9.17, 15) is 35.6 Å². The Kier molecular flexibility index (Phi) is 8.99. The zero-order valence-corrected chi connectivity index (χ0v) is 31.9. The van der Waals surface area contributed by atoms with Gasteiger partial charge in [-0.1, -0.05) is 23.7 Å². The Morgan fingerprint density at radius 2 is 1.72 bits per heavy atom. The van der Waals surface area contributed by atoms with Gasteiger partial charge in [0, 0.05) is 31.0 Å². The van der Waals surface area contributed by atoms with Gasteiger partial charge in [0.15, 0.2) is 5.82 Å². The summed E-state index contributed by atoms with van der Waals surface area (Å²) in [6, 6.07) is 7.39. The molecule has 12 nitrogen and oxygen atoms in total. The van der Waals surface area contributed by atoms with Crippen LogP contribution in [0.4, 0.5) is 32.2 Å². The summed E-state index contributed by atoms with van der Waals surface area (Å²) in [5.41, 5.74) is -1.12. The number of anilines is 1. The number of sulfonamides is 1. The molecule has 57 heavy (non-hydrogen) atoms. The third-order valence-electron chi connectivity index (χ3n) is 10.4. The topological polar surface area (TPSA) is 146 Å². The van der Waals surface area contributed by atoms with E-state index < -0.39 is 87.7 Å². The molecule has 0 bridgehead atoms. The van der Waals surface area contributed by atoms with Crippen molar-refractivity contribution in [3.8, 4) is 5.69 Å². The molecule has 8 rings (SSSR count). The number of halogens is 7. The molecular formula is C37H31ClF6N8O4S. The molecule has 20 heteroatoms. The van der Waals surface area contributed by atoms with Crippen molar-refractivity contribution in [3.05, 3.63) is 109 Å². The summed E-state index contributed by atoms with van der Waals surface area (Å²) < 4.78 is 118. The molecule has 1 saturated carbocycles. The monoisotopic (exact) mass is 832 g/mol. The summed E-state index contributed by atoms with van der Waals surface area (Å²) in [5, 5.41) is 11.0. The van der Waals surface area contributed by atoms with E-state index in [1.165, 1.54) is 23.9 Å². The smallest absolute Gasteiger partial charge is 0.293 e. The first-order chi connectivity index (χ1) is 26.7. The van der Waals surface area contributed by atoms with Crippen molar-refractivity contribution in [1.82, 2.24) is 34.4 Å². The van der Waals surface area contributed by atoms with Crippen LogP contribution in [0, 0.1) is 31.4 Å². The number of carbonyl (C=O) groups excluding carboxylic acids is 1. The standard InChI is InChI=1S/C37H31ClF6N8O4S/c1-15-5-6-16(2)29-26(15)36(54)52(24-8-7-22(38)28-31(24)50(3)48-34(28)49-57(4,55)56)35(46-29)23(11-17-9-18(39)12-19(40)10-17)45-25(53)14-51-32-27(30(47-51)33(41)42)20-13-21(20)37(32,43)44/h5-10,12,20-21,23,33H,11,13-14H2,1-4H3,(H,45,53)(H,48,49)/t20-,21+,23?/m0/s1. The van der Waals surface area contributed by atoms with Crippen molar-refractivity contribution in [1.29, 1.82) is 0 Å². The highest BCUT2D eigenvalue weighted by Crippen LogP contribution is 2.68. The molecule has 0 saturated heterocycles. The summed E-state index contributed by atoms with van der Waals surface area (Å²) in [7, 11) is -2.42. The van der Waals surface area contributed by atoms with Crippen LogP contribution in [0.15, 0.2) is 47.3 Å². The maximum Gasteiger partial charge on any atom is 0.293 e. The van der Waals surface area contributed by atoms with E-state index in [4.69, 9.17) is 16.6 Å². The maximum absolute atomic E-state index is 15.4. The van der Waals surface area contributed by atoms with Crippen molar-refractivity contribution in [3.63, 3.8) is 0 Å². The van der Waals surface area contributed by atoms with Gasteiger partial charge in [0.2, 0.25) is 15.9 Å². The molecule has 3 atom stereocenters. The highest BCUT2D eigenvalue weighted by molar-refractivity contribution is 7.92. The minimum atomic E-state index is -3.88. The van der Waals surface area contributed by atoms with E-state index >= 15 is 8.78 Å². The Morgan fingerprint density at radius 1 is 1.04 bits per heavy atom. The first kappa shape index (κ1) is 38.4. The Bertz CT molecular complexity index is 2860. The molecule has 2 N–H and O–H groups in total. The number of hydrogen-bond acceptors (Lipinski definition) is 7. The van der Waals surface area contributed by atoms with Crippen LogP contribution in [0.5, 0.6) is 0 Å². The van der Waals surface area contributed by atoms with Gasteiger partial charge < -0.3 is 5.32 Å². The van der Waals surface area contributed by atoms with Crippen molar-refractivity contribution in [2.24, 2.45) is 13.0 Å². The Hall–Kier alpha value is -5.43. The molecule has 2 aliphatic rings. The third-order valence-corrected chi connectivity index (χ3v) is 11.2. The second-order valence-corrected chi connectivity index (χ2v) is 16.6. The van der Waals surface area contributed by atoms with Crippen molar-refractivity contribution >= 4 is 55.2 Å². The lowest BCUT2D eigenvalue weighted by atomic mass is 10.0. The number of amides is 1. The minimum Gasteiger partial charge on any atom is -0.344 e. The highest BCUT2D eigenvalue weighted by Gasteiger charge is 2.67. The first-order valence-electron chi connectivity index (χ1n) is 17.4. The maximum atomic E-state index is 15.4. The van der Waals surface area contributed by atoms with E-state index in [-0.39, 0.29) is 61.7 Å². The van der Waals surface area contributed by atoms with E-state index in [2.05, 4.69) is 20.2 Å². The molecule has 2 aliphatic carbocycles. The number of nitrogens with zero attached hydrogens (tertiary/aromatic N) is 6.